The molecule has 7 heteroatoms. The van der Waals surface area contributed by atoms with Crippen LogP contribution in [0.25, 0.3) is 10.8 Å². The van der Waals surface area contributed by atoms with E-state index < -0.39 is 11.8 Å². The van der Waals surface area contributed by atoms with Gasteiger partial charge in [0.2, 0.25) is 0 Å². The molecule has 0 spiro atoms. The highest BCUT2D eigenvalue weighted by molar-refractivity contribution is 6.26. The number of pyridine rings is 1. The average Bonchev–Trinajstić information content (AvgIpc) is 2.70. The molecule has 1 aromatic heterocycles. The van der Waals surface area contributed by atoms with Gasteiger partial charge in [-0.05, 0) is 24.3 Å². The van der Waals surface area contributed by atoms with E-state index in [1.165, 1.54) is 0 Å². The number of hydrogen-bond donors (Lipinski definition) is 2. The van der Waals surface area contributed by atoms with E-state index in [1.807, 2.05) is 18.2 Å². The Labute approximate surface area is 155 Å². The van der Waals surface area contributed by atoms with Crippen LogP contribution < -0.4 is 5.43 Å². The molecule has 134 valence electrons. The molecule has 2 amide bonds. The molecule has 0 saturated heterocycles. The summed E-state index contributed by atoms with van der Waals surface area (Å²) >= 11 is 0. The third-order valence-corrected chi connectivity index (χ3v) is 4.40. The number of carbonyl (C=O) groups excluding carboxylic acids is 2. The first-order valence-corrected chi connectivity index (χ1v) is 8.42. The average molecular weight is 360 g/mol. The molecule has 0 aliphatic carbocycles. The summed E-state index contributed by atoms with van der Waals surface area (Å²) in [6.07, 6.45) is 5.02. The first-order chi connectivity index (χ1) is 13.2. The molecule has 3 aromatic rings. The van der Waals surface area contributed by atoms with Crippen molar-refractivity contribution in [1.29, 1.82) is 0 Å². The topological polar surface area (TPSA) is 94.9 Å². The molecule has 0 fully saturated rings. The van der Waals surface area contributed by atoms with Crippen LogP contribution in [0, 0.1) is 0 Å². The van der Waals surface area contributed by atoms with E-state index in [9.17, 15) is 9.59 Å². The van der Waals surface area contributed by atoms with Gasteiger partial charge in [0.05, 0.1) is 25.1 Å². The maximum atomic E-state index is 12.7. The van der Waals surface area contributed by atoms with Crippen LogP contribution in [0.5, 0.6) is 0 Å². The minimum atomic E-state index is -0.400. The largest absolute Gasteiger partial charge is 0.395 e. The highest BCUT2D eigenvalue weighted by atomic mass is 16.3. The Hall–Kier alpha value is -3.58. The van der Waals surface area contributed by atoms with Gasteiger partial charge in [0.1, 0.15) is 0 Å². The standard InChI is InChI=1S/C20H16N4O3/c25-10-9-24-19(26)15-5-1-4-14-17(7-6-16(18(14)15)20(24)27)23-22-12-13-3-2-8-21-11-13/h1-8,11-12,23,25H,9-10H2/b22-12+. The molecular formula is C20H16N4O3. The maximum absolute atomic E-state index is 12.7. The van der Waals surface area contributed by atoms with Crippen molar-refractivity contribution >= 4 is 34.5 Å². The molecule has 2 heterocycles. The Morgan fingerprint density at radius 3 is 2.63 bits per heavy atom. The monoisotopic (exact) mass is 360 g/mol. The number of amides is 2. The van der Waals surface area contributed by atoms with Crippen LogP contribution in [-0.2, 0) is 0 Å². The smallest absolute Gasteiger partial charge is 0.261 e. The normalized spacial score (nSPS) is 13.6. The van der Waals surface area contributed by atoms with Crippen molar-refractivity contribution in [3.63, 3.8) is 0 Å². The first kappa shape index (κ1) is 16.9. The van der Waals surface area contributed by atoms with Crippen LogP contribution in [0.3, 0.4) is 0 Å². The Morgan fingerprint density at radius 2 is 1.89 bits per heavy atom. The number of aromatic nitrogens is 1. The lowest BCUT2D eigenvalue weighted by Gasteiger charge is -2.27. The molecule has 1 aliphatic heterocycles. The second-order valence-corrected chi connectivity index (χ2v) is 6.03. The number of carbonyl (C=O) groups is 2. The molecule has 0 radical (unpaired) electrons. The summed E-state index contributed by atoms with van der Waals surface area (Å²) < 4.78 is 0. The predicted octanol–water partition coefficient (Wildman–Crippen LogP) is 2.27. The second-order valence-electron chi connectivity index (χ2n) is 6.03. The first-order valence-electron chi connectivity index (χ1n) is 8.42. The van der Waals surface area contributed by atoms with Crippen molar-refractivity contribution in [3.8, 4) is 0 Å². The van der Waals surface area contributed by atoms with E-state index in [0.29, 0.717) is 22.2 Å². The Balaban J connectivity index is 1.74. The molecule has 0 bridgehead atoms. The molecular weight excluding hydrogens is 344 g/mol. The number of rotatable bonds is 5. The lowest BCUT2D eigenvalue weighted by atomic mass is 9.93. The quantitative estimate of drug-likeness (QED) is 0.413. The lowest BCUT2D eigenvalue weighted by molar-refractivity contribution is 0.0580. The van der Waals surface area contributed by atoms with E-state index in [-0.39, 0.29) is 13.2 Å². The number of imide groups is 1. The predicted molar refractivity (Wildman–Crippen MR) is 102 cm³/mol. The number of aliphatic hydroxyl groups is 1. The van der Waals surface area contributed by atoms with Crippen molar-refractivity contribution < 1.29 is 14.7 Å². The number of hydrazone groups is 1. The van der Waals surface area contributed by atoms with Gasteiger partial charge in [-0.1, -0.05) is 18.2 Å². The molecule has 2 N–H and O–H groups in total. The van der Waals surface area contributed by atoms with Gasteiger partial charge in [-0.2, -0.15) is 5.10 Å². The zero-order chi connectivity index (χ0) is 18.8. The molecule has 7 nitrogen and oxygen atoms in total. The van der Waals surface area contributed by atoms with Gasteiger partial charge in [-0.25, -0.2) is 0 Å². The minimum absolute atomic E-state index is 0.0249. The Kier molecular flexibility index (Phi) is 4.35. The van der Waals surface area contributed by atoms with Crippen LogP contribution in [0.4, 0.5) is 5.69 Å². The Morgan fingerprint density at radius 1 is 1.07 bits per heavy atom. The van der Waals surface area contributed by atoms with Crippen molar-refractivity contribution in [1.82, 2.24) is 9.88 Å². The van der Waals surface area contributed by atoms with Crippen LogP contribution in [-0.4, -0.2) is 46.2 Å². The van der Waals surface area contributed by atoms with Crippen molar-refractivity contribution in [2.24, 2.45) is 5.10 Å². The molecule has 1 aliphatic rings. The van der Waals surface area contributed by atoms with Crippen molar-refractivity contribution in [2.45, 2.75) is 0 Å². The van der Waals surface area contributed by atoms with Crippen LogP contribution in [0.15, 0.2) is 60.0 Å². The van der Waals surface area contributed by atoms with Gasteiger partial charge in [0.15, 0.2) is 0 Å². The van der Waals surface area contributed by atoms with Gasteiger partial charge < -0.3 is 5.11 Å². The maximum Gasteiger partial charge on any atom is 0.261 e. The summed E-state index contributed by atoms with van der Waals surface area (Å²) in [5.41, 5.74) is 5.38. The summed E-state index contributed by atoms with van der Waals surface area (Å²) in [6.45, 7) is -0.297. The zero-order valence-corrected chi connectivity index (χ0v) is 14.3. The zero-order valence-electron chi connectivity index (χ0n) is 14.3. The number of aliphatic hydroxyl groups excluding tert-OH is 1. The number of benzene rings is 2. The highest BCUT2D eigenvalue weighted by Crippen LogP contribution is 2.34. The van der Waals surface area contributed by atoms with Gasteiger partial charge >= 0.3 is 0 Å². The molecule has 2 aromatic carbocycles. The molecule has 27 heavy (non-hydrogen) atoms. The minimum Gasteiger partial charge on any atom is -0.395 e. The van der Waals surface area contributed by atoms with E-state index in [4.69, 9.17) is 5.11 Å². The lowest BCUT2D eigenvalue weighted by Crippen LogP contribution is -2.41. The van der Waals surface area contributed by atoms with Crippen molar-refractivity contribution in [2.75, 3.05) is 18.6 Å². The number of nitrogens with zero attached hydrogens (tertiary/aromatic N) is 3. The van der Waals surface area contributed by atoms with E-state index in [1.54, 1.807) is 42.9 Å². The third-order valence-electron chi connectivity index (χ3n) is 4.40. The van der Waals surface area contributed by atoms with Crippen LogP contribution in [0.2, 0.25) is 0 Å². The van der Waals surface area contributed by atoms with Crippen molar-refractivity contribution in [3.05, 3.63) is 71.5 Å². The molecule has 4 rings (SSSR count). The Bertz CT molecular complexity index is 1040. The SMILES string of the molecule is O=C1c2cccc3c(N/N=C/c4cccnc4)ccc(c23)C(=O)N1CCO. The van der Waals surface area contributed by atoms with Gasteiger partial charge in [-0.15, -0.1) is 0 Å². The summed E-state index contributed by atoms with van der Waals surface area (Å²) in [5, 5.41) is 14.7. The number of hydrogen-bond acceptors (Lipinski definition) is 6. The van der Waals surface area contributed by atoms with Crippen LogP contribution >= 0.6 is 0 Å². The summed E-state index contributed by atoms with van der Waals surface area (Å²) in [6, 6.07) is 12.4. The van der Waals surface area contributed by atoms with E-state index in [0.717, 1.165) is 15.8 Å². The number of nitrogens with one attached hydrogen (secondary N) is 1. The van der Waals surface area contributed by atoms with Gasteiger partial charge in [0, 0.05) is 39.9 Å². The fraction of sp³-hybridized carbons (Fsp3) is 0.100. The second kappa shape index (κ2) is 6.97. The summed E-state index contributed by atoms with van der Waals surface area (Å²) in [5.74, 6) is -0.800. The fourth-order valence-electron chi connectivity index (χ4n) is 3.18. The van der Waals surface area contributed by atoms with Gasteiger partial charge in [-0.3, -0.25) is 24.9 Å². The summed E-state index contributed by atoms with van der Waals surface area (Å²) in [7, 11) is 0. The number of anilines is 1. The van der Waals surface area contributed by atoms with Gasteiger partial charge in [0.25, 0.3) is 11.8 Å². The molecule has 0 saturated carbocycles. The summed E-state index contributed by atoms with van der Waals surface area (Å²) in [4.78, 5) is 30.4. The third kappa shape index (κ3) is 2.94. The van der Waals surface area contributed by atoms with Crippen LogP contribution in [0.1, 0.15) is 26.3 Å². The number of β-amino-alcohol motifs (C(OH)–C–C–N with tert-alkyl or cyclic N) is 1. The molecule has 0 atom stereocenters. The highest BCUT2D eigenvalue weighted by Gasteiger charge is 2.32. The fourth-order valence-corrected chi connectivity index (χ4v) is 3.18. The van der Waals surface area contributed by atoms with E-state index >= 15 is 0 Å². The van der Waals surface area contributed by atoms with E-state index in [2.05, 4.69) is 15.5 Å². The molecule has 0 unspecified atom stereocenters.